The Morgan fingerprint density at radius 1 is 0.553 bits per heavy atom. The molecule has 0 aromatic heterocycles. The van der Waals surface area contributed by atoms with Gasteiger partial charge in [0.05, 0.1) is 0 Å². The average molecular weight is 711 g/mol. The minimum atomic E-state index is -5.20. The van der Waals surface area contributed by atoms with Crippen LogP contribution in [0.1, 0.15) is 20.7 Å². The number of carbonyl (C=O) groups is 2. The van der Waals surface area contributed by atoms with Crippen LogP contribution >= 0.6 is 23.2 Å². The van der Waals surface area contributed by atoms with Crippen LogP contribution in [0.15, 0.2) is 121 Å². The van der Waals surface area contributed by atoms with Crippen LogP contribution in [0.3, 0.4) is 0 Å². The molecule has 0 saturated heterocycles. The number of allylic oxidation sites excluding steroid dienone is 8. The molecule has 236 valence electrons. The molecule has 0 fully saturated rings. The summed E-state index contributed by atoms with van der Waals surface area (Å²) in [6.45, 7) is 0. The van der Waals surface area contributed by atoms with E-state index in [2.05, 4.69) is 10.6 Å². The fourth-order valence-corrected chi connectivity index (χ4v) is 15.5. The van der Waals surface area contributed by atoms with Crippen LogP contribution in [0.2, 0.25) is 18.5 Å². The second kappa shape index (κ2) is 13.5. The topological polar surface area (TPSA) is 58.2 Å². The minimum absolute atomic E-state index is 0.0506. The predicted molar refractivity (Wildman–Crippen MR) is 175 cm³/mol. The van der Waals surface area contributed by atoms with Gasteiger partial charge in [0.2, 0.25) is 0 Å². The molecule has 47 heavy (non-hydrogen) atoms. The van der Waals surface area contributed by atoms with Gasteiger partial charge in [-0.25, -0.2) is 0 Å². The molecular weight excluding hydrogens is 687 g/mol. The second-order valence-corrected chi connectivity index (χ2v) is 18.1. The van der Waals surface area contributed by atoms with Crippen molar-refractivity contribution in [3.63, 3.8) is 0 Å². The van der Waals surface area contributed by atoms with E-state index in [0.29, 0.717) is 0 Å². The molecule has 4 nitrogen and oxygen atoms in total. The van der Waals surface area contributed by atoms with Crippen molar-refractivity contribution in [3.05, 3.63) is 166 Å². The third kappa shape index (κ3) is 5.91. The Bertz CT molecular complexity index is 1880. The van der Waals surface area contributed by atoms with Gasteiger partial charge in [-0.1, -0.05) is 0 Å². The van der Waals surface area contributed by atoms with Crippen molar-refractivity contribution in [2.75, 3.05) is 10.6 Å². The quantitative estimate of drug-likeness (QED) is 0.142. The Kier molecular flexibility index (Phi) is 9.40. The first-order valence-electron chi connectivity index (χ1n) is 14.4. The summed E-state index contributed by atoms with van der Waals surface area (Å²) in [5.74, 6) is -5.87. The van der Waals surface area contributed by atoms with Crippen molar-refractivity contribution >= 4 is 54.1 Å². The molecule has 0 saturated carbocycles. The van der Waals surface area contributed by atoms with Crippen LogP contribution < -0.4 is 18.4 Å². The molecule has 2 aliphatic rings. The first-order chi connectivity index (χ1) is 22.6. The van der Waals surface area contributed by atoms with Crippen molar-refractivity contribution in [1.82, 2.24) is 0 Å². The maximum absolute atomic E-state index is 17.0. The van der Waals surface area contributed by atoms with Gasteiger partial charge in [-0.3, -0.25) is 0 Å². The van der Waals surface area contributed by atoms with Gasteiger partial charge in [0.15, 0.2) is 0 Å². The fraction of sp³-hybridized carbons (Fsp3) is 0.0556. The number of anilines is 2. The van der Waals surface area contributed by atoms with Gasteiger partial charge in [0.25, 0.3) is 0 Å². The molecule has 11 heteroatoms. The average Bonchev–Trinajstić information content (AvgIpc) is 3.79. The van der Waals surface area contributed by atoms with E-state index in [-0.39, 0.29) is 32.5 Å². The normalized spacial score (nSPS) is 14.3. The fourth-order valence-electron chi connectivity index (χ4n) is 6.21. The van der Waals surface area contributed by atoms with E-state index >= 15 is 17.6 Å². The van der Waals surface area contributed by atoms with Crippen molar-refractivity contribution < 1.29 is 43.7 Å². The van der Waals surface area contributed by atoms with Gasteiger partial charge < -0.3 is 0 Å². The van der Waals surface area contributed by atoms with E-state index in [0.717, 1.165) is 24.3 Å². The number of halogens is 6. The molecule has 6 rings (SSSR count). The number of nitrogens with one attached hydrogen (secondary N) is 2. The van der Waals surface area contributed by atoms with E-state index in [1.54, 1.807) is 72.9 Å². The molecule has 0 aliphatic heterocycles. The summed E-state index contributed by atoms with van der Waals surface area (Å²) in [6, 6.07) is 16.3. The number of hydrogen-bond donors (Lipinski definition) is 2. The van der Waals surface area contributed by atoms with Crippen molar-refractivity contribution in [3.8, 4) is 0 Å². The summed E-state index contributed by atoms with van der Waals surface area (Å²) in [6.07, 6.45) is 13.3. The van der Waals surface area contributed by atoms with E-state index in [1.807, 2.05) is 0 Å². The van der Waals surface area contributed by atoms with E-state index in [1.165, 1.54) is 24.3 Å². The van der Waals surface area contributed by atoms with E-state index in [9.17, 15) is 9.59 Å². The maximum atomic E-state index is 17.0. The van der Waals surface area contributed by atoms with Gasteiger partial charge >= 0.3 is 283 Å². The number of carbonyl (C=O) groups excluding carboxylic acids is 2. The number of benzene rings is 4. The van der Waals surface area contributed by atoms with Gasteiger partial charge in [-0.2, -0.15) is 0 Å². The Hall–Kier alpha value is -4.21. The zero-order valence-corrected chi connectivity index (χ0v) is 27.4. The monoisotopic (exact) mass is 710 g/mol. The molecular formula is C36H24Cl2F4N2O2Ti. The molecule has 0 heterocycles. The van der Waals surface area contributed by atoms with Gasteiger partial charge in [-0.05, 0) is 0 Å². The summed E-state index contributed by atoms with van der Waals surface area (Å²) in [5, 5.41) is 5.16. The van der Waals surface area contributed by atoms with Crippen LogP contribution in [-0.4, -0.2) is 11.8 Å². The SMILES string of the molecule is O=C(Nc1ccc(F)[c]([Ti]([c]2c(F)ccc(NC(=O)c3ccccc3Cl)c2F)([CH]2C=CC=C2)[CH]2C=CC=C2)c1F)c1ccccc1Cl. The molecule has 0 bridgehead atoms. The molecule has 4 aromatic carbocycles. The predicted octanol–water partition coefficient (Wildman–Crippen LogP) is 8.99. The Balaban J connectivity index is 1.58. The standard InChI is InChI=1S/2C13H7ClF2NO.2C5H5.Ti/c2*14-10-4-2-1-3-9(10)13(18)17-12-6-5-8(15)7-11(12)16;2*1-2-4-5-3-1;/h2*1-6H,(H,17,18);2*1-5H;. The Morgan fingerprint density at radius 2 is 0.915 bits per heavy atom. The summed E-state index contributed by atoms with van der Waals surface area (Å²) >= 11 is 7.16. The molecule has 0 radical (unpaired) electrons. The summed E-state index contributed by atoms with van der Waals surface area (Å²) in [7, 11) is 0. The molecule has 0 spiro atoms. The van der Waals surface area contributed by atoms with Gasteiger partial charge in [0.1, 0.15) is 0 Å². The zero-order chi connectivity index (χ0) is 33.3. The number of amides is 2. The molecule has 2 aliphatic carbocycles. The summed E-state index contributed by atoms with van der Waals surface area (Å²) in [4.78, 5) is 26.3. The Labute approximate surface area is 281 Å². The number of rotatable bonds is 8. The van der Waals surface area contributed by atoms with Crippen molar-refractivity contribution in [2.45, 2.75) is 8.45 Å². The molecule has 2 amide bonds. The molecule has 2 N–H and O–H groups in total. The molecule has 0 atom stereocenters. The van der Waals surface area contributed by atoms with E-state index in [4.69, 9.17) is 23.2 Å². The van der Waals surface area contributed by atoms with Crippen LogP contribution in [0.25, 0.3) is 0 Å². The second-order valence-electron chi connectivity index (χ2n) is 10.9. The van der Waals surface area contributed by atoms with Crippen molar-refractivity contribution in [2.24, 2.45) is 0 Å². The third-order valence-electron chi connectivity index (χ3n) is 8.29. The first-order valence-corrected chi connectivity index (χ1v) is 18.5. The van der Waals surface area contributed by atoms with Crippen LogP contribution in [0, 0.1) is 23.3 Å². The Morgan fingerprint density at radius 3 is 1.28 bits per heavy atom. The van der Waals surface area contributed by atoms with Crippen LogP contribution in [0.5, 0.6) is 0 Å². The molecule has 0 unspecified atom stereocenters. The first kappa shape index (κ1) is 32.7. The summed E-state index contributed by atoms with van der Waals surface area (Å²) in [5.41, 5.74) is -0.673. The van der Waals surface area contributed by atoms with Crippen molar-refractivity contribution in [1.29, 1.82) is 0 Å². The summed E-state index contributed by atoms with van der Waals surface area (Å²) < 4.78 is 64.0. The van der Waals surface area contributed by atoms with Crippen LogP contribution in [0.4, 0.5) is 28.9 Å². The van der Waals surface area contributed by atoms with Gasteiger partial charge in [-0.15, -0.1) is 0 Å². The van der Waals surface area contributed by atoms with E-state index < -0.39 is 67.9 Å². The zero-order valence-electron chi connectivity index (χ0n) is 24.3. The number of hydrogen-bond acceptors (Lipinski definition) is 2. The third-order valence-corrected chi connectivity index (χ3v) is 17.5. The van der Waals surface area contributed by atoms with Crippen LogP contribution in [-0.2, 0) is 16.6 Å². The molecule has 4 aromatic rings. The van der Waals surface area contributed by atoms with Gasteiger partial charge in [0, 0.05) is 0 Å².